The molecule has 12 heavy (non-hydrogen) atoms. The summed E-state index contributed by atoms with van der Waals surface area (Å²) >= 11 is 3.26. The number of hydrogen-bond acceptors (Lipinski definition) is 2. The molecule has 0 saturated heterocycles. The largest absolute Gasteiger partial charge is 0.508 e. The Bertz CT molecular complexity index is 269. The quantitative estimate of drug-likeness (QED) is 0.778. The van der Waals surface area contributed by atoms with E-state index in [0.717, 1.165) is 4.47 Å². The first-order valence-electron chi connectivity index (χ1n) is 3.63. The van der Waals surface area contributed by atoms with Gasteiger partial charge >= 0.3 is 0 Å². The predicted molar refractivity (Wildman–Crippen MR) is 51.1 cm³/mol. The van der Waals surface area contributed by atoms with Gasteiger partial charge in [0.2, 0.25) is 0 Å². The van der Waals surface area contributed by atoms with Gasteiger partial charge in [-0.25, -0.2) is 0 Å². The van der Waals surface area contributed by atoms with Crippen molar-refractivity contribution in [2.24, 2.45) is 0 Å². The summed E-state index contributed by atoms with van der Waals surface area (Å²) in [6.07, 6.45) is 0. The first kappa shape index (κ1) is 9.55. The molecule has 0 aliphatic rings. The molecular formula is C9H11BrO2. The zero-order valence-electron chi connectivity index (χ0n) is 7.00. The van der Waals surface area contributed by atoms with Crippen LogP contribution in [0.25, 0.3) is 0 Å². The summed E-state index contributed by atoms with van der Waals surface area (Å²) in [5, 5.41) is 19.1. The molecule has 0 bridgehead atoms. The van der Waals surface area contributed by atoms with Crippen molar-refractivity contribution in [2.45, 2.75) is 19.4 Å². The molecule has 2 nitrogen and oxygen atoms in total. The smallest absolute Gasteiger partial charge is 0.122 e. The molecule has 0 amide bonds. The molecule has 0 radical (unpaired) electrons. The minimum absolute atomic E-state index is 0.108. The van der Waals surface area contributed by atoms with Gasteiger partial charge in [-0.05, 0) is 26.0 Å². The van der Waals surface area contributed by atoms with Gasteiger partial charge in [0, 0.05) is 10.0 Å². The third kappa shape index (κ3) is 1.79. The number of rotatable bonds is 1. The van der Waals surface area contributed by atoms with Crippen LogP contribution in [0.3, 0.4) is 0 Å². The van der Waals surface area contributed by atoms with Crippen LogP contribution < -0.4 is 0 Å². The fourth-order valence-electron chi connectivity index (χ4n) is 1.12. The maximum absolute atomic E-state index is 9.66. The van der Waals surface area contributed by atoms with Crippen LogP contribution in [0.4, 0.5) is 0 Å². The van der Waals surface area contributed by atoms with E-state index in [1.807, 2.05) is 0 Å². The van der Waals surface area contributed by atoms with Gasteiger partial charge < -0.3 is 10.2 Å². The highest BCUT2D eigenvalue weighted by molar-refractivity contribution is 9.10. The van der Waals surface area contributed by atoms with Gasteiger partial charge in [0.05, 0.1) is 5.60 Å². The zero-order chi connectivity index (χ0) is 9.35. The lowest BCUT2D eigenvalue weighted by Crippen LogP contribution is -2.16. The Kier molecular flexibility index (Phi) is 2.44. The third-order valence-corrected chi connectivity index (χ3v) is 2.26. The fourth-order valence-corrected chi connectivity index (χ4v) is 1.96. The van der Waals surface area contributed by atoms with E-state index in [9.17, 15) is 10.2 Å². The van der Waals surface area contributed by atoms with Gasteiger partial charge in [0.25, 0.3) is 0 Å². The van der Waals surface area contributed by atoms with E-state index >= 15 is 0 Å². The molecule has 0 fully saturated rings. The summed E-state index contributed by atoms with van der Waals surface area (Å²) in [7, 11) is 0. The molecule has 0 spiro atoms. The zero-order valence-corrected chi connectivity index (χ0v) is 8.59. The van der Waals surface area contributed by atoms with Crippen LogP contribution in [-0.2, 0) is 5.60 Å². The molecule has 1 aromatic rings. The average Bonchev–Trinajstić information content (AvgIpc) is 1.82. The first-order valence-corrected chi connectivity index (χ1v) is 4.42. The standard InChI is InChI=1S/C9H11BrO2/c1-9(2,12)8-6(10)4-3-5-7(8)11/h3-5,11-12H,1-2H3. The highest BCUT2D eigenvalue weighted by Gasteiger charge is 2.22. The summed E-state index contributed by atoms with van der Waals surface area (Å²) in [4.78, 5) is 0. The highest BCUT2D eigenvalue weighted by atomic mass is 79.9. The van der Waals surface area contributed by atoms with E-state index in [0.29, 0.717) is 5.56 Å². The lowest BCUT2D eigenvalue weighted by Gasteiger charge is -2.20. The van der Waals surface area contributed by atoms with E-state index in [1.165, 1.54) is 0 Å². The second-order valence-corrected chi connectivity index (χ2v) is 4.05. The van der Waals surface area contributed by atoms with Crippen LogP contribution in [0.1, 0.15) is 19.4 Å². The maximum atomic E-state index is 9.66. The van der Waals surface area contributed by atoms with Gasteiger partial charge in [-0.15, -0.1) is 0 Å². The average molecular weight is 231 g/mol. The van der Waals surface area contributed by atoms with Gasteiger partial charge in [-0.3, -0.25) is 0 Å². The number of aromatic hydroxyl groups is 1. The molecule has 0 atom stereocenters. The third-order valence-electron chi connectivity index (χ3n) is 1.60. The van der Waals surface area contributed by atoms with Crippen LogP contribution in [-0.4, -0.2) is 10.2 Å². The molecule has 66 valence electrons. The van der Waals surface area contributed by atoms with Crippen molar-refractivity contribution in [3.8, 4) is 5.75 Å². The molecule has 0 aliphatic carbocycles. The predicted octanol–water partition coefficient (Wildman–Crippen LogP) is 2.38. The molecule has 0 aromatic heterocycles. The van der Waals surface area contributed by atoms with Gasteiger partial charge in [-0.2, -0.15) is 0 Å². The molecule has 1 rings (SSSR count). The molecule has 0 heterocycles. The minimum atomic E-state index is -1.02. The van der Waals surface area contributed by atoms with Crippen LogP contribution >= 0.6 is 15.9 Å². The number of benzene rings is 1. The van der Waals surface area contributed by atoms with E-state index < -0.39 is 5.60 Å². The Hall–Kier alpha value is -0.540. The number of phenols is 1. The second-order valence-electron chi connectivity index (χ2n) is 3.19. The van der Waals surface area contributed by atoms with Crippen molar-refractivity contribution in [2.75, 3.05) is 0 Å². The number of phenolic OH excluding ortho intramolecular Hbond substituents is 1. The van der Waals surface area contributed by atoms with E-state index in [2.05, 4.69) is 15.9 Å². The summed E-state index contributed by atoms with van der Waals surface area (Å²) in [5.74, 6) is 0.108. The summed E-state index contributed by atoms with van der Waals surface area (Å²) < 4.78 is 0.718. The van der Waals surface area contributed by atoms with Crippen molar-refractivity contribution in [3.05, 3.63) is 28.2 Å². The number of hydrogen-bond donors (Lipinski definition) is 2. The number of halogens is 1. The molecule has 3 heteroatoms. The Labute approximate surface area is 80.0 Å². The van der Waals surface area contributed by atoms with E-state index in [-0.39, 0.29) is 5.75 Å². The Morgan fingerprint density at radius 1 is 1.33 bits per heavy atom. The molecule has 1 aromatic carbocycles. The monoisotopic (exact) mass is 230 g/mol. The summed E-state index contributed by atoms with van der Waals surface area (Å²) in [5.41, 5.74) is -0.505. The van der Waals surface area contributed by atoms with Crippen molar-refractivity contribution in [3.63, 3.8) is 0 Å². The van der Waals surface area contributed by atoms with Gasteiger partial charge in [-0.1, -0.05) is 22.0 Å². The van der Waals surface area contributed by atoms with Crippen LogP contribution in [0.2, 0.25) is 0 Å². The molecule has 0 saturated carbocycles. The Balaban J connectivity index is 3.31. The van der Waals surface area contributed by atoms with Crippen molar-refractivity contribution < 1.29 is 10.2 Å². The van der Waals surface area contributed by atoms with Gasteiger partial charge in [0.15, 0.2) is 0 Å². The molecule has 0 unspecified atom stereocenters. The van der Waals surface area contributed by atoms with Crippen LogP contribution in [0, 0.1) is 0 Å². The summed E-state index contributed by atoms with van der Waals surface area (Å²) in [6, 6.07) is 5.06. The second kappa shape index (κ2) is 3.07. The van der Waals surface area contributed by atoms with Crippen LogP contribution in [0.15, 0.2) is 22.7 Å². The Morgan fingerprint density at radius 3 is 2.25 bits per heavy atom. The lowest BCUT2D eigenvalue weighted by molar-refractivity contribution is 0.0750. The molecule has 0 aliphatic heterocycles. The lowest BCUT2D eigenvalue weighted by atomic mass is 9.98. The Morgan fingerprint density at radius 2 is 1.92 bits per heavy atom. The SMILES string of the molecule is CC(C)(O)c1c(O)cccc1Br. The van der Waals surface area contributed by atoms with Crippen LogP contribution in [0.5, 0.6) is 5.75 Å². The van der Waals surface area contributed by atoms with Crippen molar-refractivity contribution in [1.29, 1.82) is 0 Å². The summed E-state index contributed by atoms with van der Waals surface area (Å²) in [6.45, 7) is 3.26. The van der Waals surface area contributed by atoms with E-state index in [1.54, 1.807) is 32.0 Å². The van der Waals surface area contributed by atoms with Crippen molar-refractivity contribution in [1.82, 2.24) is 0 Å². The highest BCUT2D eigenvalue weighted by Crippen LogP contribution is 2.34. The topological polar surface area (TPSA) is 40.5 Å². The molecule has 2 N–H and O–H groups in total. The minimum Gasteiger partial charge on any atom is -0.508 e. The first-order chi connectivity index (χ1) is 5.43. The van der Waals surface area contributed by atoms with E-state index in [4.69, 9.17) is 0 Å². The maximum Gasteiger partial charge on any atom is 0.122 e. The number of aliphatic hydroxyl groups is 1. The fraction of sp³-hybridized carbons (Fsp3) is 0.333. The van der Waals surface area contributed by atoms with Gasteiger partial charge in [0.1, 0.15) is 5.75 Å². The molecular weight excluding hydrogens is 220 g/mol. The normalized spacial score (nSPS) is 11.7. The van der Waals surface area contributed by atoms with Crippen molar-refractivity contribution >= 4 is 15.9 Å².